The summed E-state index contributed by atoms with van der Waals surface area (Å²) in [7, 11) is 0. The van der Waals surface area contributed by atoms with Gasteiger partial charge in [0, 0.05) is 28.1 Å². The predicted molar refractivity (Wildman–Crippen MR) is 71.0 cm³/mol. The summed E-state index contributed by atoms with van der Waals surface area (Å²) >= 11 is 1.80. The Morgan fingerprint density at radius 1 is 1.31 bits per heavy atom. The molecule has 3 heteroatoms. The predicted octanol–water partition coefficient (Wildman–Crippen LogP) is 3.05. The Hall–Kier alpha value is -1.06. The van der Waals surface area contributed by atoms with Gasteiger partial charge < -0.3 is 11.1 Å². The summed E-state index contributed by atoms with van der Waals surface area (Å²) < 4.78 is 1.36. The van der Waals surface area contributed by atoms with Crippen LogP contribution in [-0.4, -0.2) is 12.6 Å². The van der Waals surface area contributed by atoms with E-state index in [2.05, 4.69) is 35.0 Å². The molecule has 1 aliphatic rings. The van der Waals surface area contributed by atoms with E-state index in [1.54, 1.807) is 11.3 Å². The van der Waals surface area contributed by atoms with Gasteiger partial charge in [-0.15, -0.1) is 11.3 Å². The molecular formula is C13H16N2S. The number of fused-ring (bicyclic) bond motifs is 1. The van der Waals surface area contributed by atoms with Crippen molar-refractivity contribution in [3.8, 4) is 0 Å². The number of thiophene rings is 1. The Kier molecular flexibility index (Phi) is 2.58. The molecule has 3 rings (SSSR count). The van der Waals surface area contributed by atoms with Crippen LogP contribution in [0.1, 0.15) is 12.8 Å². The van der Waals surface area contributed by atoms with Gasteiger partial charge >= 0.3 is 0 Å². The number of benzene rings is 1. The van der Waals surface area contributed by atoms with Gasteiger partial charge in [-0.05, 0) is 24.8 Å². The monoisotopic (exact) mass is 232 g/mol. The molecule has 0 atom stereocenters. The highest BCUT2D eigenvalue weighted by Crippen LogP contribution is 2.31. The highest BCUT2D eigenvalue weighted by molar-refractivity contribution is 7.17. The maximum absolute atomic E-state index is 5.78. The second-order valence-electron chi connectivity index (χ2n) is 4.62. The Morgan fingerprint density at radius 3 is 2.94 bits per heavy atom. The molecule has 1 heterocycles. The third-order valence-electron chi connectivity index (χ3n) is 3.33. The number of anilines is 1. The molecule has 0 saturated heterocycles. The first kappa shape index (κ1) is 10.1. The molecule has 2 aromatic rings. The Balaban J connectivity index is 1.70. The van der Waals surface area contributed by atoms with Crippen molar-refractivity contribution in [3.63, 3.8) is 0 Å². The molecule has 1 saturated carbocycles. The SMILES string of the molecule is NC1CC(CNc2csc3ccccc23)C1. The van der Waals surface area contributed by atoms with Crippen LogP contribution in [0.4, 0.5) is 5.69 Å². The second-order valence-corrected chi connectivity index (χ2v) is 5.54. The van der Waals surface area contributed by atoms with E-state index in [-0.39, 0.29) is 0 Å². The molecule has 16 heavy (non-hydrogen) atoms. The molecule has 2 nitrogen and oxygen atoms in total. The maximum atomic E-state index is 5.78. The summed E-state index contributed by atoms with van der Waals surface area (Å²) in [5.41, 5.74) is 7.06. The molecule has 1 aromatic carbocycles. The van der Waals surface area contributed by atoms with E-state index in [4.69, 9.17) is 5.73 Å². The van der Waals surface area contributed by atoms with Crippen molar-refractivity contribution in [1.29, 1.82) is 0 Å². The second kappa shape index (κ2) is 4.07. The molecule has 3 N–H and O–H groups in total. The normalized spacial score (nSPS) is 24.3. The summed E-state index contributed by atoms with van der Waals surface area (Å²) in [4.78, 5) is 0. The molecule has 1 fully saturated rings. The molecular weight excluding hydrogens is 216 g/mol. The van der Waals surface area contributed by atoms with Crippen molar-refractivity contribution in [2.45, 2.75) is 18.9 Å². The fraction of sp³-hybridized carbons (Fsp3) is 0.385. The van der Waals surface area contributed by atoms with E-state index in [0.29, 0.717) is 6.04 Å². The van der Waals surface area contributed by atoms with Gasteiger partial charge in [-0.25, -0.2) is 0 Å². The Labute approximate surface area is 99.5 Å². The third-order valence-corrected chi connectivity index (χ3v) is 4.30. The lowest BCUT2D eigenvalue weighted by Crippen LogP contribution is -2.39. The van der Waals surface area contributed by atoms with Gasteiger partial charge in [0.25, 0.3) is 0 Å². The van der Waals surface area contributed by atoms with Crippen LogP contribution in [0.3, 0.4) is 0 Å². The maximum Gasteiger partial charge on any atom is 0.0529 e. The fourth-order valence-electron chi connectivity index (χ4n) is 2.32. The van der Waals surface area contributed by atoms with Crippen molar-refractivity contribution in [2.24, 2.45) is 11.7 Å². The van der Waals surface area contributed by atoms with Crippen LogP contribution < -0.4 is 11.1 Å². The van der Waals surface area contributed by atoms with Gasteiger partial charge in [-0.1, -0.05) is 18.2 Å². The summed E-state index contributed by atoms with van der Waals surface area (Å²) in [6.07, 6.45) is 2.35. The lowest BCUT2D eigenvalue weighted by molar-refractivity contribution is 0.280. The molecule has 0 bridgehead atoms. The van der Waals surface area contributed by atoms with Crippen LogP contribution in [0, 0.1) is 5.92 Å². The van der Waals surface area contributed by atoms with E-state index in [1.165, 1.54) is 28.6 Å². The topological polar surface area (TPSA) is 38.0 Å². The molecule has 0 aliphatic heterocycles. The van der Waals surface area contributed by atoms with Crippen LogP contribution in [0.25, 0.3) is 10.1 Å². The van der Waals surface area contributed by atoms with Crippen LogP contribution in [0.2, 0.25) is 0 Å². The van der Waals surface area contributed by atoms with Gasteiger partial charge in [0.05, 0.1) is 5.69 Å². The molecule has 0 radical (unpaired) electrons. The number of nitrogens with one attached hydrogen (secondary N) is 1. The van der Waals surface area contributed by atoms with Crippen LogP contribution in [0.5, 0.6) is 0 Å². The Bertz CT molecular complexity index is 485. The minimum Gasteiger partial charge on any atom is -0.384 e. The first-order chi connectivity index (χ1) is 7.83. The minimum absolute atomic E-state index is 0.450. The van der Waals surface area contributed by atoms with Crippen LogP contribution in [0.15, 0.2) is 29.6 Å². The molecule has 0 unspecified atom stereocenters. The molecule has 1 aromatic heterocycles. The van der Waals surface area contributed by atoms with Gasteiger partial charge in [-0.3, -0.25) is 0 Å². The van der Waals surface area contributed by atoms with Gasteiger partial charge in [0.1, 0.15) is 0 Å². The summed E-state index contributed by atoms with van der Waals surface area (Å²) in [6.45, 7) is 1.06. The van der Waals surface area contributed by atoms with Crippen LogP contribution in [-0.2, 0) is 0 Å². The quantitative estimate of drug-likeness (QED) is 0.853. The first-order valence-corrected chi connectivity index (χ1v) is 6.66. The van der Waals surface area contributed by atoms with Gasteiger partial charge in [0.15, 0.2) is 0 Å². The zero-order valence-corrected chi connectivity index (χ0v) is 9.96. The molecule has 0 amide bonds. The van der Waals surface area contributed by atoms with Crippen LogP contribution >= 0.6 is 11.3 Å². The van der Waals surface area contributed by atoms with Gasteiger partial charge in [0.2, 0.25) is 0 Å². The van der Waals surface area contributed by atoms with E-state index in [0.717, 1.165) is 12.5 Å². The molecule has 0 spiro atoms. The van der Waals surface area contributed by atoms with Crippen molar-refractivity contribution < 1.29 is 0 Å². The average molecular weight is 232 g/mol. The zero-order valence-electron chi connectivity index (χ0n) is 9.15. The van der Waals surface area contributed by atoms with E-state index in [9.17, 15) is 0 Å². The summed E-state index contributed by atoms with van der Waals surface area (Å²) in [6, 6.07) is 8.99. The van der Waals surface area contributed by atoms with Crippen molar-refractivity contribution in [2.75, 3.05) is 11.9 Å². The number of hydrogen-bond donors (Lipinski definition) is 2. The first-order valence-electron chi connectivity index (χ1n) is 5.78. The number of hydrogen-bond acceptors (Lipinski definition) is 3. The highest BCUT2D eigenvalue weighted by Gasteiger charge is 2.25. The number of rotatable bonds is 3. The minimum atomic E-state index is 0.450. The average Bonchev–Trinajstić information content (AvgIpc) is 2.66. The van der Waals surface area contributed by atoms with Gasteiger partial charge in [-0.2, -0.15) is 0 Å². The van der Waals surface area contributed by atoms with Crippen molar-refractivity contribution in [1.82, 2.24) is 0 Å². The van der Waals surface area contributed by atoms with Crippen molar-refractivity contribution >= 4 is 27.1 Å². The number of nitrogens with two attached hydrogens (primary N) is 1. The smallest absolute Gasteiger partial charge is 0.0529 e. The highest BCUT2D eigenvalue weighted by atomic mass is 32.1. The van der Waals surface area contributed by atoms with E-state index < -0.39 is 0 Å². The molecule has 84 valence electrons. The zero-order chi connectivity index (χ0) is 11.0. The Morgan fingerprint density at radius 2 is 2.12 bits per heavy atom. The fourth-order valence-corrected chi connectivity index (χ4v) is 3.24. The third kappa shape index (κ3) is 1.81. The standard InChI is InChI=1S/C13H16N2S/c14-10-5-9(6-10)7-15-12-8-16-13-4-2-1-3-11(12)13/h1-4,8-10,15H,5-7,14H2. The molecule has 1 aliphatic carbocycles. The van der Waals surface area contributed by atoms with E-state index in [1.807, 2.05) is 0 Å². The lowest BCUT2D eigenvalue weighted by Gasteiger charge is -2.32. The summed E-state index contributed by atoms with van der Waals surface area (Å²) in [5, 5.41) is 7.10. The largest absolute Gasteiger partial charge is 0.384 e. The lowest BCUT2D eigenvalue weighted by atomic mass is 9.81. The van der Waals surface area contributed by atoms with Crippen molar-refractivity contribution in [3.05, 3.63) is 29.6 Å². The van der Waals surface area contributed by atoms with E-state index >= 15 is 0 Å². The summed E-state index contributed by atoms with van der Waals surface area (Å²) in [5.74, 6) is 0.772.